The van der Waals surface area contributed by atoms with Crippen molar-refractivity contribution in [1.82, 2.24) is 14.7 Å². The van der Waals surface area contributed by atoms with Crippen molar-refractivity contribution in [1.29, 1.82) is 0 Å². The van der Waals surface area contributed by atoms with Gasteiger partial charge in [0, 0.05) is 61.8 Å². The second kappa shape index (κ2) is 12.0. The molecule has 1 saturated heterocycles. The summed E-state index contributed by atoms with van der Waals surface area (Å²) in [7, 11) is 5.73. The smallest absolute Gasteiger partial charge is 0.256 e. The Labute approximate surface area is 246 Å². The lowest BCUT2D eigenvalue weighted by Gasteiger charge is -2.34. The summed E-state index contributed by atoms with van der Waals surface area (Å²) in [5.74, 6) is 1.14. The number of likely N-dealkylation sites (N-methyl/N-ethyl adjacent to an activating group) is 1. The van der Waals surface area contributed by atoms with E-state index in [9.17, 15) is 4.79 Å². The fourth-order valence-corrected chi connectivity index (χ4v) is 5.37. The van der Waals surface area contributed by atoms with Crippen LogP contribution in [0.15, 0.2) is 91.0 Å². The fourth-order valence-electron chi connectivity index (χ4n) is 5.37. The topological polar surface area (TPSA) is 74.7 Å². The molecule has 0 saturated carbocycles. The van der Waals surface area contributed by atoms with Crippen molar-refractivity contribution in [2.24, 2.45) is 0 Å². The van der Waals surface area contributed by atoms with Crippen molar-refractivity contribution in [2.75, 3.05) is 62.9 Å². The molecule has 0 radical (unpaired) electrons. The number of methoxy groups -OCH3 is 1. The number of hydrogen-bond donors (Lipinski definition) is 2. The molecule has 42 heavy (non-hydrogen) atoms. The minimum atomic E-state index is -0.182. The Morgan fingerprint density at radius 3 is 2.29 bits per heavy atom. The van der Waals surface area contributed by atoms with E-state index >= 15 is 0 Å². The molecule has 0 unspecified atom stereocenters. The number of nitrogens with one attached hydrogen (secondary N) is 2. The van der Waals surface area contributed by atoms with Gasteiger partial charge in [0.1, 0.15) is 5.75 Å². The van der Waals surface area contributed by atoms with E-state index in [2.05, 4.69) is 63.9 Å². The number of rotatable bonds is 8. The van der Waals surface area contributed by atoms with E-state index in [4.69, 9.17) is 9.84 Å². The molecule has 0 spiro atoms. The molecule has 2 N–H and O–H groups in total. The normalized spacial score (nSPS) is 13.7. The van der Waals surface area contributed by atoms with Gasteiger partial charge in [-0.05, 0) is 78.0 Å². The maximum atomic E-state index is 13.3. The number of piperazine rings is 1. The highest BCUT2D eigenvalue weighted by atomic mass is 16.5. The van der Waals surface area contributed by atoms with E-state index < -0.39 is 0 Å². The van der Waals surface area contributed by atoms with Crippen LogP contribution in [0.5, 0.6) is 5.75 Å². The van der Waals surface area contributed by atoms with E-state index in [0.717, 1.165) is 70.9 Å². The Hall–Kier alpha value is -4.82. The van der Waals surface area contributed by atoms with Gasteiger partial charge in [0.15, 0.2) is 5.82 Å². The first kappa shape index (κ1) is 27.4. The molecule has 4 aromatic carbocycles. The van der Waals surface area contributed by atoms with Crippen molar-refractivity contribution >= 4 is 33.9 Å². The quantitative estimate of drug-likeness (QED) is 0.250. The number of ether oxygens (including phenoxy) is 1. The number of aromatic nitrogens is 2. The maximum Gasteiger partial charge on any atom is 0.256 e. The van der Waals surface area contributed by atoms with Crippen molar-refractivity contribution in [3.63, 3.8) is 0 Å². The highest BCUT2D eigenvalue weighted by molar-refractivity contribution is 6.04. The van der Waals surface area contributed by atoms with Gasteiger partial charge in [0.25, 0.3) is 5.91 Å². The minimum Gasteiger partial charge on any atom is -0.497 e. The van der Waals surface area contributed by atoms with Gasteiger partial charge in [0.05, 0.1) is 19.3 Å². The molecule has 2 heterocycles. The van der Waals surface area contributed by atoms with Crippen LogP contribution in [0, 0.1) is 0 Å². The first-order chi connectivity index (χ1) is 20.5. The van der Waals surface area contributed by atoms with Crippen molar-refractivity contribution in [3.05, 3.63) is 102 Å². The Balaban J connectivity index is 1.27. The molecule has 0 aliphatic carbocycles. The molecule has 6 rings (SSSR count). The third-order valence-electron chi connectivity index (χ3n) is 7.94. The van der Waals surface area contributed by atoms with E-state index in [1.165, 1.54) is 0 Å². The average molecular weight is 561 g/mol. The van der Waals surface area contributed by atoms with Gasteiger partial charge in [-0.2, -0.15) is 5.10 Å². The fraction of sp³-hybridized carbons (Fsp3) is 0.235. The monoisotopic (exact) mass is 560 g/mol. The third-order valence-corrected chi connectivity index (χ3v) is 7.94. The Bertz CT molecular complexity index is 1690. The highest BCUT2D eigenvalue weighted by Crippen LogP contribution is 2.29. The van der Waals surface area contributed by atoms with Gasteiger partial charge < -0.3 is 25.2 Å². The zero-order valence-corrected chi connectivity index (χ0v) is 24.3. The second-order valence-corrected chi connectivity index (χ2v) is 10.7. The number of carbonyl (C=O) groups is 1. The van der Waals surface area contributed by atoms with Crippen LogP contribution in [-0.2, 0) is 6.54 Å². The molecule has 1 aromatic heterocycles. The molecule has 1 aliphatic heterocycles. The zero-order chi connectivity index (χ0) is 29.1. The summed E-state index contributed by atoms with van der Waals surface area (Å²) in [6.07, 6.45) is 0. The van der Waals surface area contributed by atoms with Crippen LogP contribution in [0.3, 0.4) is 0 Å². The average Bonchev–Trinajstić information content (AvgIpc) is 3.43. The molecule has 5 aromatic rings. The van der Waals surface area contributed by atoms with E-state index in [-0.39, 0.29) is 5.91 Å². The Morgan fingerprint density at radius 1 is 0.857 bits per heavy atom. The van der Waals surface area contributed by atoms with Crippen LogP contribution >= 0.6 is 0 Å². The van der Waals surface area contributed by atoms with E-state index in [1.54, 1.807) is 7.11 Å². The summed E-state index contributed by atoms with van der Waals surface area (Å²) >= 11 is 0. The van der Waals surface area contributed by atoms with E-state index in [0.29, 0.717) is 17.9 Å². The summed E-state index contributed by atoms with van der Waals surface area (Å²) in [6, 6.07) is 30.5. The van der Waals surface area contributed by atoms with Crippen LogP contribution in [0.2, 0.25) is 0 Å². The molecular formula is C34H36N6O2. The van der Waals surface area contributed by atoms with Crippen LogP contribution in [0.1, 0.15) is 15.9 Å². The lowest BCUT2D eigenvalue weighted by molar-refractivity contribution is 0.102. The second-order valence-electron chi connectivity index (χ2n) is 10.7. The van der Waals surface area contributed by atoms with E-state index in [1.807, 2.05) is 66.3 Å². The van der Waals surface area contributed by atoms with Gasteiger partial charge in [0.2, 0.25) is 0 Å². The molecule has 0 atom stereocenters. The van der Waals surface area contributed by atoms with Gasteiger partial charge in [-0.25, -0.2) is 0 Å². The summed E-state index contributed by atoms with van der Waals surface area (Å²) < 4.78 is 7.27. The zero-order valence-electron chi connectivity index (χ0n) is 24.3. The molecule has 0 bridgehead atoms. The number of nitrogens with zero attached hydrogens (tertiary/aromatic N) is 4. The summed E-state index contributed by atoms with van der Waals surface area (Å²) in [4.78, 5) is 18.0. The molecule has 1 aliphatic rings. The lowest BCUT2D eigenvalue weighted by atomic mass is 10.0. The van der Waals surface area contributed by atoms with Gasteiger partial charge in [-0.3, -0.25) is 9.48 Å². The van der Waals surface area contributed by atoms with Crippen LogP contribution < -0.4 is 20.3 Å². The van der Waals surface area contributed by atoms with Crippen molar-refractivity contribution in [3.8, 4) is 17.0 Å². The standard InChI is InChI=1S/C34H36N6O2/c1-35-29-11-8-26-20-28(7-6-27(26)21-29)32-22-33(37-40(32)23-24-4-14-31(42-3)15-5-24)36-34(41)25-9-12-30(13-10-25)39-18-16-38(2)17-19-39/h4-15,20-22,35H,16-19,23H2,1-3H3,(H,36,37,41). The molecule has 8 heteroatoms. The SMILES string of the molecule is CNc1ccc2cc(-c3cc(NC(=O)c4ccc(N5CCN(C)CC5)cc4)nn3Cc3ccc(OC)cc3)ccc2c1. The number of amides is 1. The summed E-state index contributed by atoms with van der Waals surface area (Å²) in [6.45, 7) is 4.60. The molecule has 1 amide bonds. The van der Waals surface area contributed by atoms with Crippen LogP contribution in [0.25, 0.3) is 22.0 Å². The van der Waals surface area contributed by atoms with Crippen LogP contribution in [-0.4, -0.2) is 68.0 Å². The number of fused-ring (bicyclic) bond motifs is 1. The first-order valence-corrected chi connectivity index (χ1v) is 14.3. The summed E-state index contributed by atoms with van der Waals surface area (Å²) in [5.41, 5.74) is 5.84. The van der Waals surface area contributed by atoms with Crippen molar-refractivity contribution in [2.45, 2.75) is 6.54 Å². The Morgan fingerprint density at radius 2 is 1.57 bits per heavy atom. The molecule has 8 nitrogen and oxygen atoms in total. The first-order valence-electron chi connectivity index (χ1n) is 14.3. The van der Waals surface area contributed by atoms with Gasteiger partial charge in [-0.15, -0.1) is 0 Å². The number of hydrogen-bond acceptors (Lipinski definition) is 6. The number of carbonyl (C=O) groups excluding carboxylic acids is 1. The highest BCUT2D eigenvalue weighted by Gasteiger charge is 2.17. The predicted molar refractivity (Wildman–Crippen MR) is 171 cm³/mol. The number of anilines is 3. The van der Waals surface area contributed by atoms with Gasteiger partial charge in [-0.1, -0.05) is 30.3 Å². The Kier molecular flexibility index (Phi) is 7.79. The predicted octanol–water partition coefficient (Wildman–Crippen LogP) is 5.81. The molecule has 214 valence electrons. The summed E-state index contributed by atoms with van der Waals surface area (Å²) in [5, 5.41) is 13.3. The molecular weight excluding hydrogens is 524 g/mol. The minimum absolute atomic E-state index is 0.182. The lowest BCUT2D eigenvalue weighted by Crippen LogP contribution is -2.44. The van der Waals surface area contributed by atoms with Crippen molar-refractivity contribution < 1.29 is 9.53 Å². The molecule has 1 fully saturated rings. The number of benzene rings is 4. The third kappa shape index (κ3) is 5.94. The largest absolute Gasteiger partial charge is 0.497 e. The maximum absolute atomic E-state index is 13.3. The van der Waals surface area contributed by atoms with Crippen LogP contribution in [0.4, 0.5) is 17.2 Å². The van der Waals surface area contributed by atoms with Gasteiger partial charge >= 0.3 is 0 Å².